The van der Waals surface area contributed by atoms with Crippen LogP contribution in [0.15, 0.2) is 36.4 Å². The van der Waals surface area contributed by atoms with Gasteiger partial charge >= 0.3 is 0 Å². The third kappa shape index (κ3) is 2.74. The first-order chi connectivity index (χ1) is 8.18. The SMILES string of the molecule is Fc1ccc(F)c(COc2c[c]ccc2)c1Cl. The molecular formula is C13H8ClF2O. The van der Waals surface area contributed by atoms with Crippen LogP contribution >= 0.6 is 11.6 Å². The average molecular weight is 254 g/mol. The van der Waals surface area contributed by atoms with Gasteiger partial charge in [0.15, 0.2) is 0 Å². The molecule has 0 bridgehead atoms. The van der Waals surface area contributed by atoms with Gasteiger partial charge in [0, 0.05) is 5.56 Å². The van der Waals surface area contributed by atoms with E-state index < -0.39 is 11.6 Å². The van der Waals surface area contributed by atoms with Crippen LogP contribution in [-0.4, -0.2) is 0 Å². The first kappa shape index (κ1) is 11.9. The molecule has 1 nitrogen and oxygen atoms in total. The van der Waals surface area contributed by atoms with Crippen molar-refractivity contribution in [2.45, 2.75) is 6.61 Å². The van der Waals surface area contributed by atoms with E-state index >= 15 is 0 Å². The summed E-state index contributed by atoms with van der Waals surface area (Å²) >= 11 is 5.66. The molecule has 17 heavy (non-hydrogen) atoms. The van der Waals surface area contributed by atoms with E-state index in [1.807, 2.05) is 0 Å². The molecular weight excluding hydrogens is 246 g/mol. The highest BCUT2D eigenvalue weighted by atomic mass is 35.5. The Hall–Kier alpha value is -1.61. The van der Waals surface area contributed by atoms with E-state index in [-0.39, 0.29) is 17.2 Å². The van der Waals surface area contributed by atoms with Crippen molar-refractivity contribution in [1.29, 1.82) is 0 Å². The Labute approximate surface area is 103 Å². The molecule has 0 saturated heterocycles. The van der Waals surface area contributed by atoms with Gasteiger partial charge in [-0.3, -0.25) is 0 Å². The maximum atomic E-state index is 13.4. The Morgan fingerprint density at radius 3 is 2.65 bits per heavy atom. The lowest BCUT2D eigenvalue weighted by Crippen LogP contribution is -2.01. The van der Waals surface area contributed by atoms with Crippen molar-refractivity contribution in [3.05, 3.63) is 64.7 Å². The van der Waals surface area contributed by atoms with Gasteiger partial charge in [-0.25, -0.2) is 8.78 Å². The highest BCUT2D eigenvalue weighted by Crippen LogP contribution is 2.24. The Balaban J connectivity index is 2.17. The molecule has 0 unspecified atom stereocenters. The summed E-state index contributed by atoms with van der Waals surface area (Å²) in [5.41, 5.74) is 0.00974. The molecule has 4 heteroatoms. The minimum Gasteiger partial charge on any atom is -0.489 e. The second-order valence-electron chi connectivity index (χ2n) is 3.35. The van der Waals surface area contributed by atoms with Crippen LogP contribution in [0.1, 0.15) is 5.56 Å². The summed E-state index contributed by atoms with van der Waals surface area (Å²) in [5.74, 6) is -0.727. The Bertz CT molecular complexity index is 514. The highest BCUT2D eigenvalue weighted by Gasteiger charge is 2.12. The number of hydrogen-bond donors (Lipinski definition) is 0. The fraction of sp³-hybridized carbons (Fsp3) is 0.0769. The highest BCUT2D eigenvalue weighted by molar-refractivity contribution is 6.31. The van der Waals surface area contributed by atoms with Gasteiger partial charge in [-0.05, 0) is 30.3 Å². The van der Waals surface area contributed by atoms with Crippen LogP contribution < -0.4 is 4.74 Å². The summed E-state index contributed by atoms with van der Waals surface area (Å²) in [6.07, 6.45) is 0. The minimum absolute atomic E-state index is 0.00974. The molecule has 2 aromatic carbocycles. The smallest absolute Gasteiger partial charge is 0.142 e. The monoisotopic (exact) mass is 253 g/mol. The zero-order valence-electron chi connectivity index (χ0n) is 8.71. The Kier molecular flexibility index (Phi) is 3.59. The van der Waals surface area contributed by atoms with Crippen LogP contribution in [0.25, 0.3) is 0 Å². The van der Waals surface area contributed by atoms with E-state index in [4.69, 9.17) is 16.3 Å². The summed E-state index contributed by atoms with van der Waals surface area (Å²) in [4.78, 5) is 0. The van der Waals surface area contributed by atoms with Crippen LogP contribution in [0.3, 0.4) is 0 Å². The number of rotatable bonds is 3. The molecule has 1 radical (unpaired) electrons. The van der Waals surface area contributed by atoms with Gasteiger partial charge in [0.05, 0.1) is 5.02 Å². The molecule has 0 aromatic heterocycles. The molecule has 87 valence electrons. The van der Waals surface area contributed by atoms with Crippen LogP contribution in [-0.2, 0) is 6.61 Å². The number of halogens is 3. The maximum absolute atomic E-state index is 13.4. The molecule has 0 aliphatic heterocycles. The van der Waals surface area contributed by atoms with Crippen molar-refractivity contribution in [3.63, 3.8) is 0 Å². The van der Waals surface area contributed by atoms with Crippen molar-refractivity contribution in [3.8, 4) is 5.75 Å². The van der Waals surface area contributed by atoms with Crippen molar-refractivity contribution >= 4 is 11.6 Å². The van der Waals surface area contributed by atoms with E-state index in [9.17, 15) is 8.78 Å². The summed E-state index contributed by atoms with van der Waals surface area (Å²) < 4.78 is 31.8. The van der Waals surface area contributed by atoms with Crippen molar-refractivity contribution in [2.75, 3.05) is 0 Å². The Morgan fingerprint density at radius 2 is 1.94 bits per heavy atom. The number of benzene rings is 2. The van der Waals surface area contributed by atoms with Crippen LogP contribution in [0, 0.1) is 17.7 Å². The standard InChI is InChI=1S/C13H8ClF2O/c14-13-10(11(15)6-7-12(13)16)8-17-9-4-2-1-3-5-9/h1-2,4-7H,8H2. The normalized spacial score (nSPS) is 10.3. The summed E-state index contributed by atoms with van der Waals surface area (Å²) in [5, 5.41) is -0.245. The molecule has 2 aromatic rings. The molecule has 0 amide bonds. The molecule has 0 N–H and O–H groups in total. The van der Waals surface area contributed by atoms with Crippen LogP contribution in [0.2, 0.25) is 5.02 Å². The number of hydrogen-bond acceptors (Lipinski definition) is 1. The first-order valence-corrected chi connectivity index (χ1v) is 5.27. The molecule has 0 saturated carbocycles. The zero-order valence-corrected chi connectivity index (χ0v) is 9.47. The van der Waals surface area contributed by atoms with Crippen molar-refractivity contribution in [1.82, 2.24) is 0 Å². The second-order valence-corrected chi connectivity index (χ2v) is 3.73. The van der Waals surface area contributed by atoms with E-state index in [1.54, 1.807) is 24.3 Å². The van der Waals surface area contributed by atoms with Crippen molar-refractivity contribution < 1.29 is 13.5 Å². The summed E-state index contributed by atoms with van der Waals surface area (Å²) in [6, 6.07) is 11.6. The topological polar surface area (TPSA) is 9.23 Å². The Morgan fingerprint density at radius 1 is 1.18 bits per heavy atom. The molecule has 0 heterocycles. The molecule has 0 aliphatic rings. The minimum atomic E-state index is -0.661. The van der Waals surface area contributed by atoms with E-state index in [2.05, 4.69) is 6.07 Å². The third-order valence-corrected chi connectivity index (χ3v) is 2.61. The molecule has 0 spiro atoms. The van der Waals surface area contributed by atoms with Gasteiger partial charge < -0.3 is 4.74 Å². The van der Waals surface area contributed by atoms with Crippen LogP contribution in [0.5, 0.6) is 5.75 Å². The van der Waals surface area contributed by atoms with Gasteiger partial charge in [0.25, 0.3) is 0 Å². The summed E-state index contributed by atoms with van der Waals surface area (Å²) in [6.45, 7) is -0.125. The van der Waals surface area contributed by atoms with Gasteiger partial charge in [-0.2, -0.15) is 0 Å². The van der Waals surface area contributed by atoms with Crippen molar-refractivity contribution in [2.24, 2.45) is 0 Å². The maximum Gasteiger partial charge on any atom is 0.142 e. The fourth-order valence-electron chi connectivity index (χ4n) is 1.32. The molecule has 2 rings (SSSR count). The van der Waals surface area contributed by atoms with E-state index in [1.165, 1.54) is 0 Å². The lowest BCUT2D eigenvalue weighted by Gasteiger charge is -2.09. The van der Waals surface area contributed by atoms with Gasteiger partial charge in [-0.1, -0.05) is 23.7 Å². The molecule has 0 fully saturated rings. The summed E-state index contributed by atoms with van der Waals surface area (Å²) in [7, 11) is 0. The molecule has 0 aliphatic carbocycles. The van der Waals surface area contributed by atoms with Gasteiger partial charge in [0.1, 0.15) is 24.0 Å². The third-order valence-electron chi connectivity index (χ3n) is 2.20. The molecule has 0 atom stereocenters. The van der Waals surface area contributed by atoms with Gasteiger partial charge in [0.2, 0.25) is 0 Å². The largest absolute Gasteiger partial charge is 0.489 e. The predicted molar refractivity (Wildman–Crippen MR) is 61.0 cm³/mol. The first-order valence-electron chi connectivity index (χ1n) is 4.90. The zero-order chi connectivity index (χ0) is 12.3. The number of ether oxygens (including phenoxy) is 1. The average Bonchev–Trinajstić information content (AvgIpc) is 2.35. The second kappa shape index (κ2) is 5.15. The lowest BCUT2D eigenvalue weighted by atomic mass is 10.2. The van der Waals surface area contributed by atoms with Gasteiger partial charge in [-0.15, -0.1) is 0 Å². The lowest BCUT2D eigenvalue weighted by molar-refractivity contribution is 0.299. The van der Waals surface area contributed by atoms with Crippen LogP contribution in [0.4, 0.5) is 8.78 Å². The quantitative estimate of drug-likeness (QED) is 0.752. The van der Waals surface area contributed by atoms with E-state index in [0.29, 0.717) is 5.75 Å². The predicted octanol–water partition coefficient (Wildman–Crippen LogP) is 4.00. The van der Waals surface area contributed by atoms with E-state index in [0.717, 1.165) is 12.1 Å². The fourth-order valence-corrected chi connectivity index (χ4v) is 1.53.